The molecule has 0 aliphatic rings. The average Bonchev–Trinajstić information content (AvgIpc) is 2.57. The summed E-state index contributed by atoms with van der Waals surface area (Å²) in [5.41, 5.74) is 2.99. The van der Waals surface area contributed by atoms with Gasteiger partial charge in [-0.15, -0.1) is 0 Å². The lowest BCUT2D eigenvalue weighted by atomic mass is 10.1. The van der Waals surface area contributed by atoms with Crippen molar-refractivity contribution < 1.29 is 13.2 Å². The average molecular weight is 360 g/mol. The van der Waals surface area contributed by atoms with Crippen molar-refractivity contribution in [3.05, 3.63) is 65.2 Å². The Bertz CT molecular complexity index is 833. The Balaban J connectivity index is 1.88. The monoisotopic (exact) mass is 360 g/mol. The Kier molecular flexibility index (Phi) is 6.33. The molecule has 0 spiro atoms. The molecule has 2 rings (SSSR count). The number of carbonyl (C=O) groups excluding carboxylic acids is 1. The fourth-order valence-electron chi connectivity index (χ4n) is 2.39. The van der Waals surface area contributed by atoms with Gasteiger partial charge in [0.05, 0.1) is 4.90 Å². The maximum atomic E-state index is 12.3. The Hall–Kier alpha value is -2.18. The molecule has 0 aliphatic heterocycles. The van der Waals surface area contributed by atoms with Gasteiger partial charge in [-0.3, -0.25) is 4.79 Å². The Morgan fingerprint density at radius 2 is 1.72 bits per heavy atom. The minimum Gasteiger partial charge on any atom is -0.341 e. The zero-order valence-electron chi connectivity index (χ0n) is 14.8. The second-order valence-electron chi connectivity index (χ2n) is 6.13. The number of sulfonamides is 1. The van der Waals surface area contributed by atoms with Gasteiger partial charge in [0.25, 0.3) is 0 Å². The number of benzene rings is 2. The largest absolute Gasteiger partial charge is 0.341 e. The van der Waals surface area contributed by atoms with Crippen LogP contribution in [0.1, 0.15) is 23.1 Å². The molecule has 1 amide bonds. The van der Waals surface area contributed by atoms with E-state index in [2.05, 4.69) is 4.72 Å². The Morgan fingerprint density at radius 1 is 1.04 bits per heavy atom. The van der Waals surface area contributed by atoms with Crippen LogP contribution in [0.25, 0.3) is 0 Å². The van der Waals surface area contributed by atoms with Crippen molar-refractivity contribution in [2.24, 2.45) is 0 Å². The molecule has 134 valence electrons. The van der Waals surface area contributed by atoms with Gasteiger partial charge in [-0.25, -0.2) is 13.1 Å². The summed E-state index contributed by atoms with van der Waals surface area (Å²) in [6, 6.07) is 14.7. The van der Waals surface area contributed by atoms with Crippen LogP contribution in [0.5, 0.6) is 0 Å². The number of amides is 1. The van der Waals surface area contributed by atoms with E-state index >= 15 is 0 Å². The second-order valence-corrected chi connectivity index (χ2v) is 7.90. The molecule has 0 fully saturated rings. The zero-order valence-corrected chi connectivity index (χ0v) is 15.6. The molecule has 0 radical (unpaired) electrons. The highest BCUT2D eigenvalue weighted by Crippen LogP contribution is 2.14. The van der Waals surface area contributed by atoms with Crippen molar-refractivity contribution in [3.63, 3.8) is 0 Å². The number of nitrogens with one attached hydrogen (secondary N) is 1. The first-order valence-electron chi connectivity index (χ1n) is 8.14. The molecule has 0 heterocycles. The molecule has 0 atom stereocenters. The fraction of sp³-hybridized carbons (Fsp3) is 0.316. The topological polar surface area (TPSA) is 66.5 Å². The molecule has 25 heavy (non-hydrogen) atoms. The van der Waals surface area contributed by atoms with Crippen molar-refractivity contribution >= 4 is 15.9 Å². The van der Waals surface area contributed by atoms with Crippen LogP contribution in [-0.2, 0) is 21.4 Å². The maximum Gasteiger partial charge on any atom is 0.240 e. The summed E-state index contributed by atoms with van der Waals surface area (Å²) in [7, 11) is -1.89. The predicted octanol–water partition coefficient (Wildman–Crippen LogP) is 2.63. The summed E-state index contributed by atoms with van der Waals surface area (Å²) < 4.78 is 27.1. The van der Waals surface area contributed by atoms with Crippen LogP contribution < -0.4 is 4.72 Å². The molecule has 2 aromatic rings. The van der Waals surface area contributed by atoms with Crippen LogP contribution in [0.3, 0.4) is 0 Å². The predicted molar refractivity (Wildman–Crippen MR) is 98.6 cm³/mol. The van der Waals surface area contributed by atoms with Crippen molar-refractivity contribution in [1.82, 2.24) is 9.62 Å². The standard InChI is InChI=1S/C19H24N2O3S/c1-15-9-10-18(13-16(15)2)25(23,24)20-12-11-19(22)21(3)14-17-7-5-4-6-8-17/h4-10,13,20H,11-12,14H2,1-3H3. The van der Waals surface area contributed by atoms with Crippen molar-refractivity contribution in [3.8, 4) is 0 Å². The lowest BCUT2D eigenvalue weighted by Crippen LogP contribution is -2.32. The molecule has 0 saturated heterocycles. The molecule has 0 unspecified atom stereocenters. The summed E-state index contributed by atoms with van der Waals surface area (Å²) in [4.78, 5) is 14.0. The van der Waals surface area contributed by atoms with Gasteiger partial charge in [-0.2, -0.15) is 0 Å². The molecule has 6 heteroatoms. The van der Waals surface area contributed by atoms with E-state index in [9.17, 15) is 13.2 Å². The van der Waals surface area contributed by atoms with Gasteiger partial charge in [0.2, 0.25) is 15.9 Å². The van der Waals surface area contributed by atoms with Gasteiger partial charge < -0.3 is 4.90 Å². The minimum atomic E-state index is -3.60. The summed E-state index contributed by atoms with van der Waals surface area (Å²) in [6.07, 6.45) is 0.118. The van der Waals surface area contributed by atoms with Gasteiger partial charge in [0.1, 0.15) is 0 Å². The summed E-state index contributed by atoms with van der Waals surface area (Å²) in [5, 5.41) is 0. The quantitative estimate of drug-likeness (QED) is 0.825. The molecule has 0 aliphatic carbocycles. The highest BCUT2D eigenvalue weighted by Gasteiger charge is 2.16. The van der Waals surface area contributed by atoms with Crippen LogP contribution in [0.4, 0.5) is 0 Å². The number of hydrogen-bond donors (Lipinski definition) is 1. The lowest BCUT2D eigenvalue weighted by Gasteiger charge is -2.17. The lowest BCUT2D eigenvalue weighted by molar-refractivity contribution is -0.130. The smallest absolute Gasteiger partial charge is 0.240 e. The van der Waals surface area contributed by atoms with E-state index in [4.69, 9.17) is 0 Å². The Labute approximate surface area is 149 Å². The van der Waals surface area contributed by atoms with Gasteiger partial charge >= 0.3 is 0 Å². The number of aryl methyl sites for hydroxylation is 2. The summed E-state index contributed by atoms with van der Waals surface area (Å²) in [6.45, 7) is 4.38. The second kappa shape index (κ2) is 8.27. The van der Waals surface area contributed by atoms with Gasteiger partial charge in [-0.05, 0) is 42.7 Å². The van der Waals surface area contributed by atoms with Gasteiger partial charge in [0.15, 0.2) is 0 Å². The third kappa shape index (κ3) is 5.41. The molecule has 0 saturated carbocycles. The molecule has 2 aromatic carbocycles. The van der Waals surface area contributed by atoms with Gasteiger partial charge in [0, 0.05) is 26.6 Å². The van der Waals surface area contributed by atoms with E-state index in [1.54, 1.807) is 30.1 Å². The van der Waals surface area contributed by atoms with Crippen molar-refractivity contribution in [1.29, 1.82) is 0 Å². The SMILES string of the molecule is Cc1ccc(S(=O)(=O)NCCC(=O)N(C)Cc2ccccc2)cc1C. The third-order valence-electron chi connectivity index (χ3n) is 4.11. The number of carbonyl (C=O) groups is 1. The maximum absolute atomic E-state index is 12.3. The molecule has 0 bridgehead atoms. The summed E-state index contributed by atoms with van der Waals surface area (Å²) in [5.74, 6) is -0.105. The molecule has 0 aromatic heterocycles. The van der Waals surface area contributed by atoms with E-state index in [1.165, 1.54) is 0 Å². The highest BCUT2D eigenvalue weighted by molar-refractivity contribution is 7.89. The van der Waals surface area contributed by atoms with Crippen LogP contribution in [0, 0.1) is 13.8 Å². The third-order valence-corrected chi connectivity index (χ3v) is 5.57. The van der Waals surface area contributed by atoms with E-state index in [0.29, 0.717) is 6.54 Å². The van der Waals surface area contributed by atoms with Crippen molar-refractivity contribution in [2.75, 3.05) is 13.6 Å². The van der Waals surface area contributed by atoms with Crippen molar-refractivity contribution in [2.45, 2.75) is 31.7 Å². The van der Waals surface area contributed by atoms with E-state index in [1.807, 2.05) is 44.2 Å². The van der Waals surface area contributed by atoms with E-state index < -0.39 is 10.0 Å². The molecular formula is C19H24N2O3S. The number of nitrogens with zero attached hydrogens (tertiary/aromatic N) is 1. The fourth-order valence-corrected chi connectivity index (χ4v) is 3.51. The van der Waals surface area contributed by atoms with Crippen LogP contribution in [-0.4, -0.2) is 32.8 Å². The first-order chi connectivity index (χ1) is 11.8. The van der Waals surface area contributed by atoms with Crippen LogP contribution in [0.15, 0.2) is 53.4 Å². The highest BCUT2D eigenvalue weighted by atomic mass is 32.2. The van der Waals surface area contributed by atoms with Crippen LogP contribution >= 0.6 is 0 Å². The van der Waals surface area contributed by atoms with Crippen LogP contribution in [0.2, 0.25) is 0 Å². The zero-order chi connectivity index (χ0) is 18.4. The molecule has 5 nitrogen and oxygen atoms in total. The summed E-state index contributed by atoms with van der Waals surface area (Å²) >= 11 is 0. The number of rotatable bonds is 7. The number of hydrogen-bond acceptors (Lipinski definition) is 3. The normalized spacial score (nSPS) is 11.3. The Morgan fingerprint density at radius 3 is 2.36 bits per heavy atom. The first kappa shape index (κ1) is 19.1. The molecule has 1 N–H and O–H groups in total. The van der Waals surface area contributed by atoms with E-state index in [-0.39, 0.29) is 23.8 Å². The van der Waals surface area contributed by atoms with Gasteiger partial charge in [-0.1, -0.05) is 36.4 Å². The minimum absolute atomic E-state index is 0.0766. The molecular weight excluding hydrogens is 336 g/mol. The van der Waals surface area contributed by atoms with E-state index in [0.717, 1.165) is 16.7 Å². The first-order valence-corrected chi connectivity index (χ1v) is 9.63.